The minimum atomic E-state index is -0.0568. The van der Waals surface area contributed by atoms with Crippen molar-refractivity contribution >= 4 is 12.0 Å². The Hall–Kier alpha value is -3.41. The molecular weight excluding hydrogens is 340 g/mol. The number of amides is 1. The molecule has 0 fully saturated rings. The number of likely N-dealkylation sites (N-methyl/N-ethyl adjacent to an activating group) is 1. The number of ether oxygens (including phenoxy) is 1. The van der Waals surface area contributed by atoms with E-state index in [1.165, 1.54) is 6.33 Å². The minimum absolute atomic E-state index is 0.0530. The van der Waals surface area contributed by atoms with Crippen LogP contribution in [0.5, 0.6) is 5.75 Å². The maximum atomic E-state index is 12.5. The summed E-state index contributed by atoms with van der Waals surface area (Å²) in [5.41, 5.74) is 2.92. The maximum Gasteiger partial charge on any atom is 0.246 e. The molecule has 1 aromatic heterocycles. The molecule has 138 valence electrons. The van der Waals surface area contributed by atoms with Crippen LogP contribution in [0.1, 0.15) is 24.1 Å². The van der Waals surface area contributed by atoms with Gasteiger partial charge in [-0.1, -0.05) is 24.3 Å². The lowest BCUT2D eigenvalue weighted by molar-refractivity contribution is -0.126. The first-order valence-electron chi connectivity index (χ1n) is 8.62. The highest BCUT2D eigenvalue weighted by Gasteiger charge is 2.15. The lowest BCUT2D eigenvalue weighted by Gasteiger charge is -2.24. The zero-order valence-electron chi connectivity index (χ0n) is 15.6. The molecule has 0 saturated carbocycles. The van der Waals surface area contributed by atoms with Crippen LogP contribution in [0.3, 0.4) is 0 Å². The van der Waals surface area contributed by atoms with Crippen LogP contribution in [-0.2, 0) is 4.79 Å². The van der Waals surface area contributed by atoms with E-state index in [-0.39, 0.29) is 11.9 Å². The summed E-state index contributed by atoms with van der Waals surface area (Å²) in [6.45, 7) is 2.00. The van der Waals surface area contributed by atoms with Gasteiger partial charge in [0.2, 0.25) is 5.91 Å². The minimum Gasteiger partial charge on any atom is -0.497 e. The zero-order valence-corrected chi connectivity index (χ0v) is 15.6. The molecule has 6 nitrogen and oxygen atoms in total. The molecule has 2 aromatic carbocycles. The fourth-order valence-corrected chi connectivity index (χ4v) is 2.66. The first-order chi connectivity index (χ1) is 13.1. The molecule has 0 spiro atoms. The van der Waals surface area contributed by atoms with Gasteiger partial charge in [0.05, 0.1) is 18.8 Å². The van der Waals surface area contributed by atoms with Crippen molar-refractivity contribution in [3.63, 3.8) is 0 Å². The van der Waals surface area contributed by atoms with Crippen LogP contribution >= 0.6 is 0 Å². The average Bonchev–Trinajstić information content (AvgIpc) is 3.26. The monoisotopic (exact) mass is 362 g/mol. The Morgan fingerprint density at radius 1 is 1.15 bits per heavy atom. The molecule has 27 heavy (non-hydrogen) atoms. The van der Waals surface area contributed by atoms with Gasteiger partial charge in [0.25, 0.3) is 0 Å². The Balaban J connectivity index is 1.65. The molecule has 3 rings (SSSR count). The van der Waals surface area contributed by atoms with Crippen molar-refractivity contribution < 1.29 is 9.53 Å². The standard InChI is InChI=1S/C21H22N4O2/c1-16(18-7-9-19(10-8-18)25-15-22-14-23-25)24(2)21(26)13-6-17-4-11-20(27-3)12-5-17/h4-16H,1-3H3. The van der Waals surface area contributed by atoms with E-state index < -0.39 is 0 Å². The molecule has 1 unspecified atom stereocenters. The van der Waals surface area contributed by atoms with Crippen LogP contribution in [0.2, 0.25) is 0 Å². The average molecular weight is 362 g/mol. The van der Waals surface area contributed by atoms with E-state index in [9.17, 15) is 4.79 Å². The van der Waals surface area contributed by atoms with E-state index in [4.69, 9.17) is 4.74 Å². The Labute approximate surface area is 158 Å². The quantitative estimate of drug-likeness (QED) is 0.630. The molecule has 0 aliphatic carbocycles. The third-order valence-corrected chi connectivity index (χ3v) is 4.52. The van der Waals surface area contributed by atoms with Gasteiger partial charge in [0, 0.05) is 13.1 Å². The van der Waals surface area contributed by atoms with Crippen LogP contribution in [-0.4, -0.2) is 39.7 Å². The Bertz CT molecular complexity index is 900. The van der Waals surface area contributed by atoms with Crippen LogP contribution in [0.25, 0.3) is 11.8 Å². The predicted octanol–water partition coefficient (Wildman–Crippen LogP) is 3.51. The van der Waals surface area contributed by atoms with Gasteiger partial charge in [-0.05, 0) is 48.4 Å². The summed E-state index contributed by atoms with van der Waals surface area (Å²) < 4.78 is 6.83. The molecule has 3 aromatic rings. The normalized spacial score (nSPS) is 12.1. The molecule has 6 heteroatoms. The van der Waals surface area contributed by atoms with Gasteiger partial charge in [-0.2, -0.15) is 5.10 Å². The van der Waals surface area contributed by atoms with Crippen molar-refractivity contribution in [2.24, 2.45) is 0 Å². The summed E-state index contributed by atoms with van der Waals surface area (Å²) in [7, 11) is 3.43. The summed E-state index contributed by atoms with van der Waals surface area (Å²) in [6, 6.07) is 15.4. The van der Waals surface area contributed by atoms with Crippen molar-refractivity contribution in [1.82, 2.24) is 19.7 Å². The number of benzene rings is 2. The fraction of sp³-hybridized carbons (Fsp3) is 0.190. The number of hydrogen-bond donors (Lipinski definition) is 0. The van der Waals surface area contributed by atoms with Crippen LogP contribution < -0.4 is 4.74 Å². The highest BCUT2D eigenvalue weighted by Crippen LogP contribution is 2.21. The molecule has 1 amide bonds. The third kappa shape index (κ3) is 4.41. The highest BCUT2D eigenvalue weighted by molar-refractivity contribution is 5.91. The molecule has 0 bridgehead atoms. The van der Waals surface area contributed by atoms with Crippen molar-refractivity contribution in [2.45, 2.75) is 13.0 Å². The summed E-state index contributed by atoms with van der Waals surface area (Å²) in [5, 5.41) is 4.11. The van der Waals surface area contributed by atoms with E-state index in [2.05, 4.69) is 10.1 Å². The zero-order chi connectivity index (χ0) is 19.2. The SMILES string of the molecule is COc1ccc(C=CC(=O)N(C)C(C)c2ccc(-n3cncn3)cc2)cc1. The van der Waals surface area contributed by atoms with Gasteiger partial charge >= 0.3 is 0 Å². The number of hydrogen-bond acceptors (Lipinski definition) is 4. The second kappa shape index (κ2) is 8.31. The lowest BCUT2D eigenvalue weighted by Crippen LogP contribution is -2.27. The number of methoxy groups -OCH3 is 1. The van der Waals surface area contributed by atoms with Gasteiger partial charge in [0.15, 0.2) is 0 Å². The molecule has 0 N–H and O–H groups in total. The van der Waals surface area contributed by atoms with Gasteiger partial charge in [-0.25, -0.2) is 9.67 Å². The second-order valence-electron chi connectivity index (χ2n) is 6.16. The van der Waals surface area contributed by atoms with E-state index in [1.54, 1.807) is 42.2 Å². The molecule has 0 aliphatic rings. The summed E-state index contributed by atoms with van der Waals surface area (Å²) in [5.74, 6) is 0.734. The number of aromatic nitrogens is 3. The van der Waals surface area contributed by atoms with Crippen molar-refractivity contribution in [3.8, 4) is 11.4 Å². The smallest absolute Gasteiger partial charge is 0.246 e. The molecule has 0 saturated heterocycles. The number of carbonyl (C=O) groups excluding carboxylic acids is 1. The lowest BCUT2D eigenvalue weighted by atomic mass is 10.1. The molecule has 1 heterocycles. The van der Waals surface area contributed by atoms with Crippen molar-refractivity contribution in [1.29, 1.82) is 0 Å². The number of carbonyl (C=O) groups is 1. The first kappa shape index (κ1) is 18.4. The van der Waals surface area contributed by atoms with E-state index >= 15 is 0 Å². The molecule has 0 aliphatic heterocycles. The number of nitrogens with zero attached hydrogens (tertiary/aromatic N) is 4. The van der Waals surface area contributed by atoms with Gasteiger partial charge < -0.3 is 9.64 Å². The largest absolute Gasteiger partial charge is 0.497 e. The van der Waals surface area contributed by atoms with E-state index in [0.29, 0.717) is 0 Å². The highest BCUT2D eigenvalue weighted by atomic mass is 16.5. The first-order valence-corrected chi connectivity index (χ1v) is 8.62. The van der Waals surface area contributed by atoms with Gasteiger partial charge in [-0.15, -0.1) is 0 Å². The second-order valence-corrected chi connectivity index (χ2v) is 6.16. The van der Waals surface area contributed by atoms with Crippen molar-refractivity contribution in [2.75, 3.05) is 14.2 Å². The predicted molar refractivity (Wildman–Crippen MR) is 105 cm³/mol. The summed E-state index contributed by atoms with van der Waals surface area (Å²) in [4.78, 5) is 18.2. The Morgan fingerprint density at radius 2 is 1.85 bits per heavy atom. The fourth-order valence-electron chi connectivity index (χ4n) is 2.66. The van der Waals surface area contributed by atoms with E-state index in [0.717, 1.165) is 22.6 Å². The Morgan fingerprint density at radius 3 is 2.44 bits per heavy atom. The molecule has 0 radical (unpaired) electrons. The summed E-state index contributed by atoms with van der Waals surface area (Å²) in [6.07, 6.45) is 6.54. The maximum absolute atomic E-state index is 12.5. The number of rotatable bonds is 6. The van der Waals surface area contributed by atoms with Crippen LogP contribution in [0.15, 0.2) is 67.3 Å². The Kier molecular flexibility index (Phi) is 5.66. The van der Waals surface area contributed by atoms with E-state index in [1.807, 2.05) is 55.5 Å². The summed E-state index contributed by atoms with van der Waals surface area (Å²) >= 11 is 0. The van der Waals surface area contributed by atoms with Gasteiger partial charge in [0.1, 0.15) is 18.4 Å². The van der Waals surface area contributed by atoms with Crippen LogP contribution in [0, 0.1) is 0 Å². The third-order valence-electron chi connectivity index (χ3n) is 4.52. The van der Waals surface area contributed by atoms with Crippen LogP contribution in [0.4, 0.5) is 0 Å². The molecule has 1 atom stereocenters. The topological polar surface area (TPSA) is 60.2 Å². The van der Waals surface area contributed by atoms with Crippen molar-refractivity contribution in [3.05, 3.63) is 78.4 Å². The van der Waals surface area contributed by atoms with Gasteiger partial charge in [-0.3, -0.25) is 4.79 Å². The molecular formula is C21H22N4O2.